The van der Waals surface area contributed by atoms with Crippen molar-refractivity contribution in [2.75, 3.05) is 0 Å². The molecule has 0 aliphatic rings. The topological polar surface area (TPSA) is 37.3 Å². The van der Waals surface area contributed by atoms with Crippen LogP contribution in [0.4, 0.5) is 0 Å². The molecule has 3 heteroatoms. The van der Waals surface area contributed by atoms with Crippen LogP contribution in [0, 0.1) is 20.8 Å². The smallest absolute Gasteiger partial charge is 0.335 e. The van der Waals surface area contributed by atoms with E-state index in [2.05, 4.69) is 0 Å². The molecule has 0 radical (unpaired) electrons. The van der Waals surface area contributed by atoms with Gasteiger partial charge in [-0.25, -0.2) is 4.79 Å². The second kappa shape index (κ2) is 5.06. The van der Waals surface area contributed by atoms with Crippen LogP contribution >= 0.6 is 11.6 Å². The van der Waals surface area contributed by atoms with Crippen molar-refractivity contribution in [3.8, 4) is 11.1 Å². The highest BCUT2D eigenvalue weighted by Crippen LogP contribution is 2.30. The Hall–Kier alpha value is -1.80. The molecule has 0 aliphatic heterocycles. The molecule has 2 nitrogen and oxygen atoms in total. The van der Waals surface area contributed by atoms with Crippen LogP contribution in [-0.4, -0.2) is 11.1 Å². The first-order valence-electron chi connectivity index (χ1n) is 6.01. The van der Waals surface area contributed by atoms with Gasteiger partial charge in [-0.2, -0.15) is 0 Å². The molecule has 2 rings (SSSR count). The number of hydrogen-bond donors (Lipinski definition) is 1. The molecule has 19 heavy (non-hydrogen) atoms. The first-order valence-corrected chi connectivity index (χ1v) is 6.39. The van der Waals surface area contributed by atoms with Gasteiger partial charge in [0.05, 0.1) is 5.56 Å². The van der Waals surface area contributed by atoms with E-state index in [1.54, 1.807) is 13.0 Å². The Balaban J connectivity index is 2.63. The molecule has 0 aliphatic carbocycles. The van der Waals surface area contributed by atoms with Crippen LogP contribution in [0.1, 0.15) is 27.0 Å². The summed E-state index contributed by atoms with van der Waals surface area (Å²) in [7, 11) is 0. The lowest BCUT2D eigenvalue weighted by Gasteiger charge is -2.11. The van der Waals surface area contributed by atoms with Crippen molar-refractivity contribution < 1.29 is 9.90 Å². The Morgan fingerprint density at radius 1 is 1.00 bits per heavy atom. The standard InChI is InChI=1S/C16H15ClO2/c1-9-4-5-12(8-14(9)16(18)19)13-6-11(3)15(17)7-10(13)2/h4-8H,1-3H3,(H,18,19). The zero-order valence-corrected chi connectivity index (χ0v) is 11.9. The molecule has 0 fully saturated rings. The van der Waals surface area contributed by atoms with Crippen LogP contribution in [0.3, 0.4) is 0 Å². The Morgan fingerprint density at radius 3 is 2.32 bits per heavy atom. The van der Waals surface area contributed by atoms with Crippen LogP contribution in [-0.2, 0) is 0 Å². The van der Waals surface area contributed by atoms with Crippen molar-refractivity contribution >= 4 is 17.6 Å². The summed E-state index contributed by atoms with van der Waals surface area (Å²) in [5.41, 5.74) is 5.05. The average Bonchev–Trinajstić information content (AvgIpc) is 2.34. The van der Waals surface area contributed by atoms with Gasteiger partial charge in [-0.15, -0.1) is 0 Å². The van der Waals surface area contributed by atoms with Gasteiger partial charge in [0.25, 0.3) is 0 Å². The van der Waals surface area contributed by atoms with Crippen molar-refractivity contribution in [2.24, 2.45) is 0 Å². The lowest BCUT2D eigenvalue weighted by Crippen LogP contribution is -2.00. The van der Waals surface area contributed by atoms with Crippen molar-refractivity contribution in [1.29, 1.82) is 0 Å². The fourth-order valence-corrected chi connectivity index (χ4v) is 2.33. The number of aryl methyl sites for hydroxylation is 3. The lowest BCUT2D eigenvalue weighted by atomic mass is 9.95. The highest BCUT2D eigenvalue weighted by Gasteiger charge is 2.11. The summed E-state index contributed by atoms with van der Waals surface area (Å²) in [5.74, 6) is -0.900. The van der Waals surface area contributed by atoms with E-state index in [4.69, 9.17) is 11.6 Å². The van der Waals surface area contributed by atoms with E-state index in [9.17, 15) is 9.90 Å². The summed E-state index contributed by atoms with van der Waals surface area (Å²) in [4.78, 5) is 11.2. The number of carboxylic acid groups (broad SMARTS) is 1. The third kappa shape index (κ3) is 2.64. The molecule has 2 aromatic carbocycles. The highest BCUT2D eigenvalue weighted by atomic mass is 35.5. The van der Waals surface area contributed by atoms with Gasteiger partial charge in [-0.1, -0.05) is 23.7 Å². The summed E-state index contributed by atoms with van der Waals surface area (Å²) < 4.78 is 0. The Labute approximate surface area is 117 Å². The minimum atomic E-state index is -0.900. The van der Waals surface area contributed by atoms with Crippen molar-refractivity contribution in [3.63, 3.8) is 0 Å². The van der Waals surface area contributed by atoms with Gasteiger partial charge >= 0.3 is 5.97 Å². The van der Waals surface area contributed by atoms with Crippen LogP contribution in [0.25, 0.3) is 11.1 Å². The highest BCUT2D eigenvalue weighted by molar-refractivity contribution is 6.31. The number of rotatable bonds is 2. The minimum absolute atomic E-state index is 0.338. The number of carboxylic acids is 1. The summed E-state index contributed by atoms with van der Waals surface area (Å²) in [6.07, 6.45) is 0. The van der Waals surface area contributed by atoms with E-state index in [-0.39, 0.29) is 0 Å². The van der Waals surface area contributed by atoms with Crippen molar-refractivity contribution in [1.82, 2.24) is 0 Å². The van der Waals surface area contributed by atoms with Gasteiger partial charge in [0.2, 0.25) is 0 Å². The van der Waals surface area contributed by atoms with Crippen molar-refractivity contribution in [3.05, 3.63) is 57.6 Å². The Kier molecular flexibility index (Phi) is 3.63. The summed E-state index contributed by atoms with van der Waals surface area (Å²) in [5, 5.41) is 9.91. The number of halogens is 1. The van der Waals surface area contributed by atoms with Crippen LogP contribution in [0.5, 0.6) is 0 Å². The van der Waals surface area contributed by atoms with E-state index < -0.39 is 5.97 Å². The second-order valence-electron chi connectivity index (χ2n) is 4.75. The molecule has 0 saturated heterocycles. The molecule has 0 atom stereocenters. The molecule has 0 spiro atoms. The predicted octanol–water partition coefficient (Wildman–Crippen LogP) is 4.63. The normalized spacial score (nSPS) is 10.5. The van der Waals surface area contributed by atoms with Crippen LogP contribution in [0.2, 0.25) is 5.02 Å². The molecule has 0 bridgehead atoms. The Morgan fingerprint density at radius 2 is 1.68 bits per heavy atom. The number of hydrogen-bond acceptors (Lipinski definition) is 1. The van der Waals surface area contributed by atoms with Crippen molar-refractivity contribution in [2.45, 2.75) is 20.8 Å². The summed E-state index contributed by atoms with van der Waals surface area (Å²) in [6.45, 7) is 5.71. The molecule has 2 aromatic rings. The zero-order valence-electron chi connectivity index (χ0n) is 11.1. The number of carbonyl (C=O) groups is 1. The number of benzene rings is 2. The zero-order chi connectivity index (χ0) is 14.2. The van der Waals surface area contributed by atoms with E-state index >= 15 is 0 Å². The van der Waals surface area contributed by atoms with E-state index in [1.165, 1.54) is 0 Å². The van der Waals surface area contributed by atoms with Gasteiger partial charge in [-0.3, -0.25) is 0 Å². The molecule has 0 saturated carbocycles. The number of aromatic carboxylic acids is 1. The third-order valence-electron chi connectivity index (χ3n) is 3.28. The molecule has 0 heterocycles. The maximum atomic E-state index is 11.2. The first-order chi connectivity index (χ1) is 8.90. The molecular weight excluding hydrogens is 260 g/mol. The predicted molar refractivity (Wildman–Crippen MR) is 78.1 cm³/mol. The largest absolute Gasteiger partial charge is 0.478 e. The average molecular weight is 275 g/mol. The van der Waals surface area contributed by atoms with Gasteiger partial charge < -0.3 is 5.11 Å². The van der Waals surface area contributed by atoms with Crippen LogP contribution in [0.15, 0.2) is 30.3 Å². The molecule has 0 amide bonds. The first kappa shape index (κ1) is 13.6. The summed E-state index contributed by atoms with van der Waals surface area (Å²) >= 11 is 6.09. The van der Waals surface area contributed by atoms with Crippen LogP contribution < -0.4 is 0 Å². The second-order valence-corrected chi connectivity index (χ2v) is 5.16. The van der Waals surface area contributed by atoms with Gasteiger partial charge in [0.15, 0.2) is 0 Å². The third-order valence-corrected chi connectivity index (χ3v) is 3.69. The van der Waals surface area contributed by atoms with Gasteiger partial charge in [-0.05, 0) is 66.8 Å². The molecular formula is C16H15ClO2. The maximum absolute atomic E-state index is 11.2. The van der Waals surface area contributed by atoms with E-state index in [0.29, 0.717) is 5.56 Å². The molecule has 1 N–H and O–H groups in total. The quantitative estimate of drug-likeness (QED) is 0.867. The van der Waals surface area contributed by atoms with E-state index in [1.807, 2.05) is 38.1 Å². The lowest BCUT2D eigenvalue weighted by molar-refractivity contribution is 0.0696. The minimum Gasteiger partial charge on any atom is -0.478 e. The molecule has 98 valence electrons. The maximum Gasteiger partial charge on any atom is 0.335 e. The van der Waals surface area contributed by atoms with E-state index in [0.717, 1.165) is 32.8 Å². The van der Waals surface area contributed by atoms with Gasteiger partial charge in [0, 0.05) is 5.02 Å². The molecule has 0 unspecified atom stereocenters. The monoisotopic (exact) mass is 274 g/mol. The fraction of sp³-hybridized carbons (Fsp3) is 0.188. The summed E-state index contributed by atoms with van der Waals surface area (Å²) in [6, 6.07) is 9.40. The Bertz CT molecular complexity index is 660. The SMILES string of the molecule is Cc1cc(-c2ccc(C)c(C(=O)O)c2)c(C)cc1Cl. The molecule has 0 aromatic heterocycles. The van der Waals surface area contributed by atoms with Gasteiger partial charge in [0.1, 0.15) is 0 Å². The fourth-order valence-electron chi connectivity index (χ4n) is 2.11.